The molecule has 0 saturated carbocycles. The summed E-state index contributed by atoms with van der Waals surface area (Å²) in [5.74, 6) is -2.22. The Labute approximate surface area is 199 Å². The molecule has 0 bridgehead atoms. The number of β-amino-alcohol motifs (C(OH)–C–C–N with tert-alkyl or cyclic N) is 1. The molecule has 1 fully saturated rings. The summed E-state index contributed by atoms with van der Waals surface area (Å²) in [4.78, 5) is 12.6. The zero-order valence-corrected chi connectivity index (χ0v) is 20.6. The Morgan fingerprint density at radius 1 is 1.24 bits per heavy atom. The zero-order valence-electron chi connectivity index (χ0n) is 20.6. The van der Waals surface area contributed by atoms with Crippen LogP contribution in [0.25, 0.3) is 0 Å². The number of carboxylic acid groups (broad SMARTS) is 1. The maximum Gasteiger partial charge on any atom is 0.418 e. The number of hydrogen-bond donors (Lipinski definition) is 3. The van der Waals surface area contributed by atoms with E-state index in [0.29, 0.717) is 12.8 Å². The van der Waals surface area contributed by atoms with Crippen LogP contribution in [0.5, 0.6) is 5.75 Å². The SMILES string of the molecule is CCNCC.COc1ccc(F)cc1C(C)(C)CC(O)(CN1CCCC(C(=O)O)C1)C(F)(F)F. The van der Waals surface area contributed by atoms with E-state index in [1.54, 1.807) is 0 Å². The van der Waals surface area contributed by atoms with Gasteiger partial charge in [-0.1, -0.05) is 27.7 Å². The molecule has 34 heavy (non-hydrogen) atoms. The first-order valence-corrected chi connectivity index (χ1v) is 11.5. The molecule has 1 heterocycles. The fourth-order valence-corrected chi connectivity index (χ4v) is 4.30. The summed E-state index contributed by atoms with van der Waals surface area (Å²) in [6.45, 7) is 8.82. The number of halogens is 4. The fraction of sp³-hybridized carbons (Fsp3) is 0.708. The number of benzene rings is 1. The van der Waals surface area contributed by atoms with E-state index >= 15 is 0 Å². The van der Waals surface area contributed by atoms with Gasteiger partial charge in [0.1, 0.15) is 11.6 Å². The number of hydrogen-bond acceptors (Lipinski definition) is 5. The largest absolute Gasteiger partial charge is 0.496 e. The number of piperidine rings is 1. The van der Waals surface area contributed by atoms with Crippen LogP contribution >= 0.6 is 0 Å². The molecule has 1 saturated heterocycles. The van der Waals surface area contributed by atoms with Crippen LogP contribution in [-0.4, -0.2) is 72.7 Å². The topological polar surface area (TPSA) is 82.0 Å². The maximum atomic E-state index is 13.9. The molecule has 196 valence electrons. The number of nitrogens with one attached hydrogen (secondary N) is 1. The second kappa shape index (κ2) is 12.7. The third-order valence-corrected chi connectivity index (χ3v) is 5.99. The van der Waals surface area contributed by atoms with Gasteiger partial charge in [0.2, 0.25) is 0 Å². The first-order chi connectivity index (χ1) is 15.7. The maximum absolute atomic E-state index is 13.9. The number of carbonyl (C=O) groups is 1. The highest BCUT2D eigenvalue weighted by atomic mass is 19.4. The van der Waals surface area contributed by atoms with Gasteiger partial charge in [0.05, 0.1) is 13.0 Å². The number of likely N-dealkylation sites (tertiary alicyclic amines) is 1. The quantitative estimate of drug-likeness (QED) is 0.447. The van der Waals surface area contributed by atoms with Gasteiger partial charge in [0, 0.05) is 18.7 Å². The standard InChI is InChI=1S/C20H27F4NO4.C4H11N/c1-18(2,15-9-14(21)6-7-16(15)29-3)11-19(28,20(22,23)24)12-25-8-4-5-13(10-25)17(26)27;1-3-5-4-2/h6-7,9,13,28H,4-5,8,10-12H2,1-3H3,(H,26,27);5H,3-4H2,1-2H3. The normalized spacial score (nSPS) is 19.1. The van der Waals surface area contributed by atoms with Crippen LogP contribution in [0.15, 0.2) is 18.2 Å². The lowest BCUT2D eigenvalue weighted by Crippen LogP contribution is -2.57. The van der Waals surface area contributed by atoms with Gasteiger partial charge in [-0.25, -0.2) is 4.39 Å². The number of rotatable bonds is 9. The number of nitrogens with zero attached hydrogens (tertiary/aromatic N) is 1. The summed E-state index contributed by atoms with van der Waals surface area (Å²) in [6, 6.07) is 3.59. The van der Waals surface area contributed by atoms with E-state index in [2.05, 4.69) is 19.2 Å². The highest BCUT2D eigenvalue weighted by molar-refractivity contribution is 5.70. The zero-order chi connectivity index (χ0) is 26.2. The first-order valence-electron chi connectivity index (χ1n) is 11.5. The summed E-state index contributed by atoms with van der Waals surface area (Å²) in [7, 11) is 1.34. The lowest BCUT2D eigenvalue weighted by molar-refractivity contribution is -0.272. The smallest absolute Gasteiger partial charge is 0.418 e. The van der Waals surface area contributed by atoms with E-state index in [-0.39, 0.29) is 24.4 Å². The van der Waals surface area contributed by atoms with E-state index in [9.17, 15) is 32.6 Å². The lowest BCUT2D eigenvalue weighted by Gasteiger charge is -2.42. The van der Waals surface area contributed by atoms with Crippen LogP contribution in [0.3, 0.4) is 0 Å². The lowest BCUT2D eigenvalue weighted by atomic mass is 9.74. The number of alkyl halides is 3. The van der Waals surface area contributed by atoms with Crippen molar-refractivity contribution in [2.24, 2.45) is 5.92 Å². The Balaban J connectivity index is 0.00000104. The molecule has 1 aromatic rings. The van der Waals surface area contributed by atoms with E-state index in [1.165, 1.54) is 31.9 Å². The van der Waals surface area contributed by atoms with Crippen LogP contribution in [0.1, 0.15) is 52.5 Å². The Kier molecular flexibility index (Phi) is 11.2. The molecule has 1 aliphatic heterocycles. The second-order valence-corrected chi connectivity index (χ2v) is 9.30. The van der Waals surface area contributed by atoms with Gasteiger partial charge < -0.3 is 20.3 Å². The molecule has 6 nitrogen and oxygen atoms in total. The molecule has 1 aliphatic rings. The molecule has 3 N–H and O–H groups in total. The van der Waals surface area contributed by atoms with Crippen molar-refractivity contribution in [1.82, 2.24) is 10.2 Å². The van der Waals surface area contributed by atoms with Gasteiger partial charge in [-0.05, 0) is 62.5 Å². The van der Waals surface area contributed by atoms with E-state index in [4.69, 9.17) is 4.74 Å². The summed E-state index contributed by atoms with van der Waals surface area (Å²) >= 11 is 0. The molecule has 2 unspecified atom stereocenters. The van der Waals surface area contributed by atoms with Crippen LogP contribution in [0, 0.1) is 11.7 Å². The van der Waals surface area contributed by atoms with Gasteiger partial charge in [-0.2, -0.15) is 13.2 Å². The van der Waals surface area contributed by atoms with Gasteiger partial charge in [-0.15, -0.1) is 0 Å². The van der Waals surface area contributed by atoms with E-state index in [1.807, 2.05) is 0 Å². The van der Waals surface area contributed by atoms with Crippen molar-refractivity contribution in [3.05, 3.63) is 29.6 Å². The minimum atomic E-state index is -4.96. The number of carboxylic acids is 1. The second-order valence-electron chi connectivity index (χ2n) is 9.30. The molecule has 2 atom stereocenters. The van der Waals surface area contributed by atoms with Gasteiger partial charge in [0.15, 0.2) is 5.60 Å². The average molecular weight is 495 g/mol. The van der Waals surface area contributed by atoms with Crippen LogP contribution in [0.4, 0.5) is 17.6 Å². The Morgan fingerprint density at radius 2 is 1.85 bits per heavy atom. The highest BCUT2D eigenvalue weighted by Gasteiger charge is 2.57. The van der Waals surface area contributed by atoms with Gasteiger partial charge >= 0.3 is 12.1 Å². The minimum Gasteiger partial charge on any atom is -0.496 e. The molecule has 0 spiro atoms. The van der Waals surface area contributed by atoms with Gasteiger partial charge in [0.25, 0.3) is 0 Å². The molecule has 10 heteroatoms. The van der Waals surface area contributed by atoms with Crippen molar-refractivity contribution in [2.75, 3.05) is 39.8 Å². The van der Waals surface area contributed by atoms with Crippen molar-refractivity contribution < 1.29 is 37.3 Å². The predicted octanol–water partition coefficient (Wildman–Crippen LogP) is 4.21. The molecule has 1 aromatic carbocycles. The van der Waals surface area contributed by atoms with Crippen molar-refractivity contribution in [1.29, 1.82) is 0 Å². The Hall–Kier alpha value is -1.91. The molecular formula is C24H38F4N2O4. The molecular weight excluding hydrogens is 456 g/mol. The van der Waals surface area contributed by atoms with Crippen LogP contribution < -0.4 is 10.1 Å². The number of methoxy groups -OCH3 is 1. The third-order valence-electron chi connectivity index (χ3n) is 5.99. The fourth-order valence-electron chi connectivity index (χ4n) is 4.30. The molecule has 0 aromatic heterocycles. The third kappa shape index (κ3) is 8.39. The van der Waals surface area contributed by atoms with Gasteiger partial charge in [-0.3, -0.25) is 9.69 Å². The summed E-state index contributed by atoms with van der Waals surface area (Å²) in [5.41, 5.74) is -4.17. The molecule has 0 amide bonds. The van der Waals surface area contributed by atoms with Crippen LogP contribution in [-0.2, 0) is 10.2 Å². The van der Waals surface area contributed by atoms with Crippen molar-refractivity contribution in [3.63, 3.8) is 0 Å². The Morgan fingerprint density at radius 3 is 2.32 bits per heavy atom. The first kappa shape index (κ1) is 30.1. The summed E-state index contributed by atoms with van der Waals surface area (Å²) < 4.78 is 60.7. The van der Waals surface area contributed by atoms with E-state index in [0.717, 1.165) is 25.2 Å². The highest BCUT2D eigenvalue weighted by Crippen LogP contribution is 2.44. The molecule has 0 radical (unpaired) electrons. The number of aliphatic carboxylic acids is 1. The molecule has 2 rings (SSSR count). The number of aliphatic hydroxyl groups is 1. The average Bonchev–Trinajstić information content (AvgIpc) is 2.73. The predicted molar refractivity (Wildman–Crippen MR) is 123 cm³/mol. The summed E-state index contributed by atoms with van der Waals surface area (Å²) in [6.07, 6.45) is -4.87. The number of ether oxygens (including phenoxy) is 1. The van der Waals surface area contributed by atoms with Crippen LogP contribution in [0.2, 0.25) is 0 Å². The monoisotopic (exact) mass is 494 g/mol. The van der Waals surface area contributed by atoms with E-state index < -0.39 is 47.9 Å². The molecule has 0 aliphatic carbocycles. The Bertz CT molecular complexity index is 787. The summed E-state index contributed by atoms with van der Waals surface area (Å²) in [5, 5.41) is 23.0. The van der Waals surface area contributed by atoms with Crippen molar-refractivity contribution >= 4 is 5.97 Å². The van der Waals surface area contributed by atoms with Crippen molar-refractivity contribution in [3.8, 4) is 5.75 Å². The van der Waals surface area contributed by atoms with Crippen molar-refractivity contribution in [2.45, 2.75) is 64.1 Å². The minimum absolute atomic E-state index is 0.0581.